The zero-order valence-corrected chi connectivity index (χ0v) is 17.0. The molecule has 0 fully saturated rings. The van der Waals surface area contributed by atoms with Crippen LogP contribution in [0.25, 0.3) is 60.0 Å². The summed E-state index contributed by atoms with van der Waals surface area (Å²) in [6.07, 6.45) is 1.81. The number of hydrogen-bond acceptors (Lipinski definition) is 2. The van der Waals surface area contributed by atoms with Crippen molar-refractivity contribution in [1.82, 2.24) is 4.40 Å². The topological polar surface area (TPSA) is 29.9 Å². The van der Waals surface area contributed by atoms with E-state index in [2.05, 4.69) is 76.6 Å². The van der Waals surface area contributed by atoms with Gasteiger partial charge in [0.05, 0.1) is 27.6 Å². The van der Waals surface area contributed by atoms with E-state index in [1.54, 1.807) is 7.05 Å². The first-order chi connectivity index (χ1) is 15.3. The summed E-state index contributed by atoms with van der Waals surface area (Å²) in [6.45, 7) is 3.91. The average Bonchev–Trinajstić information content (AvgIpc) is 3.46. The predicted molar refractivity (Wildman–Crippen MR) is 131 cm³/mol. The van der Waals surface area contributed by atoms with E-state index in [9.17, 15) is 0 Å². The van der Waals surface area contributed by atoms with Crippen LogP contribution in [0.1, 0.15) is 5.56 Å². The first-order valence-electron chi connectivity index (χ1n) is 10.4. The molecule has 0 spiro atoms. The summed E-state index contributed by atoms with van der Waals surface area (Å²) in [5, 5.41) is 7.21. The van der Waals surface area contributed by atoms with Crippen molar-refractivity contribution in [1.29, 1.82) is 0 Å². The molecule has 0 amide bonds. The Kier molecular flexibility index (Phi) is 3.08. The Morgan fingerprint density at radius 2 is 1.65 bits per heavy atom. The predicted octanol–water partition coefficient (Wildman–Crippen LogP) is 7.34. The fourth-order valence-corrected chi connectivity index (χ4v) is 5.24. The second-order valence-corrected chi connectivity index (χ2v) is 8.02. The molecule has 31 heavy (non-hydrogen) atoms. The van der Waals surface area contributed by atoms with Crippen LogP contribution in [0.3, 0.4) is 0 Å². The lowest BCUT2D eigenvalue weighted by molar-refractivity contribution is 0.673. The van der Waals surface area contributed by atoms with Crippen LogP contribution in [0, 0.1) is 0 Å². The normalized spacial score (nSPS) is 13.0. The standard InChI is InChI=1S/C28H18N2O/c1-3-22(29-2)16-11-13-23-21(15-16)18-8-6-9-20-26-24(30(23)27(18)20)14-12-19-17-7-4-5-10-25(17)31-28(19)26/h3-15H,1H2,2H3/b29-22+. The molecule has 0 aliphatic rings. The zero-order chi connectivity index (χ0) is 20.7. The second kappa shape index (κ2) is 5.73. The molecule has 0 radical (unpaired) electrons. The molecule has 0 N–H and O–H groups in total. The Bertz CT molecular complexity index is 1860. The highest BCUT2D eigenvalue weighted by Gasteiger charge is 2.21. The minimum Gasteiger partial charge on any atom is -0.455 e. The van der Waals surface area contributed by atoms with Crippen molar-refractivity contribution in [3.8, 4) is 0 Å². The van der Waals surface area contributed by atoms with Crippen LogP contribution in [-0.4, -0.2) is 17.2 Å². The van der Waals surface area contributed by atoms with Gasteiger partial charge in [0.25, 0.3) is 0 Å². The number of aliphatic imine (C=N–C) groups is 1. The first kappa shape index (κ1) is 16.7. The van der Waals surface area contributed by atoms with E-state index in [-0.39, 0.29) is 0 Å². The smallest absolute Gasteiger partial charge is 0.145 e. The molecule has 0 atom stereocenters. The lowest BCUT2D eigenvalue weighted by Crippen LogP contribution is -1.95. The number of para-hydroxylation sites is 2. The highest BCUT2D eigenvalue weighted by molar-refractivity contribution is 6.30. The Balaban J connectivity index is 1.71. The van der Waals surface area contributed by atoms with Crippen molar-refractivity contribution in [2.75, 3.05) is 7.05 Å². The molecule has 146 valence electrons. The van der Waals surface area contributed by atoms with Gasteiger partial charge in [0.15, 0.2) is 0 Å². The molecule has 0 saturated carbocycles. The second-order valence-electron chi connectivity index (χ2n) is 8.02. The summed E-state index contributed by atoms with van der Waals surface area (Å²) in [7, 11) is 1.81. The largest absolute Gasteiger partial charge is 0.455 e. The number of benzene rings is 4. The number of aromatic nitrogens is 1. The first-order valence-corrected chi connectivity index (χ1v) is 10.4. The molecule has 7 aromatic rings. The summed E-state index contributed by atoms with van der Waals surface area (Å²) in [5.41, 5.74) is 7.50. The Morgan fingerprint density at radius 3 is 2.52 bits per heavy atom. The molecule has 7 rings (SSSR count). The number of furan rings is 1. The van der Waals surface area contributed by atoms with Crippen LogP contribution in [0.4, 0.5) is 0 Å². The van der Waals surface area contributed by atoms with Crippen molar-refractivity contribution in [3.63, 3.8) is 0 Å². The fourth-order valence-electron chi connectivity index (χ4n) is 5.24. The average molecular weight is 398 g/mol. The van der Waals surface area contributed by atoms with Gasteiger partial charge in [0, 0.05) is 39.5 Å². The van der Waals surface area contributed by atoms with E-state index in [4.69, 9.17) is 4.42 Å². The molecule has 0 unspecified atom stereocenters. The van der Waals surface area contributed by atoms with Crippen LogP contribution < -0.4 is 0 Å². The molecule has 0 aliphatic heterocycles. The maximum Gasteiger partial charge on any atom is 0.145 e. The van der Waals surface area contributed by atoms with Crippen LogP contribution in [0.15, 0.2) is 94.9 Å². The molecule has 4 aromatic carbocycles. The maximum atomic E-state index is 6.38. The van der Waals surface area contributed by atoms with Crippen molar-refractivity contribution in [3.05, 3.63) is 91.0 Å². The molecule has 3 aromatic heterocycles. The number of allylic oxidation sites excluding steroid dienone is 1. The number of rotatable bonds is 2. The molecule has 3 heteroatoms. The lowest BCUT2D eigenvalue weighted by Gasteiger charge is -2.03. The van der Waals surface area contributed by atoms with Gasteiger partial charge in [-0.1, -0.05) is 49.0 Å². The van der Waals surface area contributed by atoms with Gasteiger partial charge in [-0.2, -0.15) is 0 Å². The molecular formula is C28H18N2O. The van der Waals surface area contributed by atoms with E-state index in [0.29, 0.717) is 0 Å². The maximum absolute atomic E-state index is 6.38. The van der Waals surface area contributed by atoms with Gasteiger partial charge in [0.1, 0.15) is 11.2 Å². The van der Waals surface area contributed by atoms with Gasteiger partial charge in [0.2, 0.25) is 0 Å². The van der Waals surface area contributed by atoms with E-state index in [1.165, 1.54) is 43.5 Å². The molecule has 0 bridgehead atoms. The van der Waals surface area contributed by atoms with Crippen LogP contribution >= 0.6 is 0 Å². The van der Waals surface area contributed by atoms with Crippen molar-refractivity contribution < 1.29 is 4.42 Å². The van der Waals surface area contributed by atoms with Gasteiger partial charge < -0.3 is 8.82 Å². The minimum absolute atomic E-state index is 0.903. The summed E-state index contributed by atoms with van der Waals surface area (Å²) in [4.78, 5) is 4.37. The molecular weight excluding hydrogens is 380 g/mol. The van der Waals surface area contributed by atoms with E-state index in [1.807, 2.05) is 18.2 Å². The quantitative estimate of drug-likeness (QED) is 0.280. The summed E-state index contributed by atoms with van der Waals surface area (Å²) < 4.78 is 8.76. The van der Waals surface area contributed by atoms with E-state index in [0.717, 1.165) is 27.8 Å². The van der Waals surface area contributed by atoms with E-state index >= 15 is 0 Å². The van der Waals surface area contributed by atoms with Gasteiger partial charge >= 0.3 is 0 Å². The van der Waals surface area contributed by atoms with Gasteiger partial charge in [-0.15, -0.1) is 0 Å². The third-order valence-electron chi connectivity index (χ3n) is 6.55. The SMILES string of the molecule is C=C/C(=N\C)c1ccc2c(c1)c1cccc3c4c5oc6ccccc6c5ccc4n2c13. The van der Waals surface area contributed by atoms with Crippen LogP contribution in [0.2, 0.25) is 0 Å². The van der Waals surface area contributed by atoms with Crippen molar-refractivity contribution in [2.45, 2.75) is 0 Å². The van der Waals surface area contributed by atoms with Crippen LogP contribution in [-0.2, 0) is 0 Å². The minimum atomic E-state index is 0.903. The van der Waals surface area contributed by atoms with Gasteiger partial charge in [-0.25, -0.2) is 0 Å². The van der Waals surface area contributed by atoms with E-state index < -0.39 is 0 Å². The molecule has 0 saturated heterocycles. The lowest BCUT2D eigenvalue weighted by atomic mass is 10.0. The summed E-state index contributed by atoms with van der Waals surface area (Å²) in [5.74, 6) is 0. The fraction of sp³-hybridized carbons (Fsp3) is 0.0357. The van der Waals surface area contributed by atoms with Crippen LogP contribution in [0.5, 0.6) is 0 Å². The highest BCUT2D eigenvalue weighted by Crippen LogP contribution is 2.43. The Hall–Kier alpha value is -4.11. The molecule has 3 heterocycles. The number of nitrogens with zero attached hydrogens (tertiary/aromatic N) is 2. The molecule has 3 nitrogen and oxygen atoms in total. The monoisotopic (exact) mass is 398 g/mol. The van der Waals surface area contributed by atoms with Crippen molar-refractivity contribution in [2.24, 2.45) is 4.99 Å². The van der Waals surface area contributed by atoms with Gasteiger partial charge in [-0.05, 0) is 36.4 Å². The summed E-state index contributed by atoms with van der Waals surface area (Å²) >= 11 is 0. The van der Waals surface area contributed by atoms with Crippen molar-refractivity contribution >= 4 is 65.7 Å². The third kappa shape index (κ3) is 1.96. The Morgan fingerprint density at radius 1 is 0.839 bits per heavy atom. The summed E-state index contributed by atoms with van der Waals surface area (Å²) in [6, 6.07) is 25.8. The molecule has 0 aliphatic carbocycles. The third-order valence-corrected chi connectivity index (χ3v) is 6.55. The number of fused-ring (bicyclic) bond motifs is 10. The highest BCUT2D eigenvalue weighted by atomic mass is 16.3. The zero-order valence-electron chi connectivity index (χ0n) is 17.0. The number of hydrogen-bond donors (Lipinski definition) is 0. The Labute approximate surface area is 177 Å². The van der Waals surface area contributed by atoms with Gasteiger partial charge in [-0.3, -0.25) is 4.99 Å².